The van der Waals surface area contributed by atoms with E-state index in [0.29, 0.717) is 22.7 Å². The summed E-state index contributed by atoms with van der Waals surface area (Å²) in [7, 11) is 1.43. The van der Waals surface area contributed by atoms with E-state index in [1.165, 1.54) is 12.0 Å². The van der Waals surface area contributed by atoms with Crippen molar-refractivity contribution in [2.75, 3.05) is 25.6 Å². The van der Waals surface area contributed by atoms with Crippen molar-refractivity contribution in [3.05, 3.63) is 28.8 Å². The lowest BCUT2D eigenvalue weighted by Crippen LogP contribution is -2.41. The van der Waals surface area contributed by atoms with Gasteiger partial charge in [0.15, 0.2) is 0 Å². The fraction of sp³-hybridized carbons (Fsp3) is 0.400. The van der Waals surface area contributed by atoms with Gasteiger partial charge in [0.1, 0.15) is 12.6 Å². The molecule has 3 rings (SSSR count). The van der Waals surface area contributed by atoms with E-state index in [2.05, 4.69) is 10.6 Å². The molecule has 0 saturated carbocycles. The largest absolute Gasteiger partial charge is 0.375 e. The predicted octanol–water partition coefficient (Wildman–Crippen LogP) is 0.638. The highest BCUT2D eigenvalue weighted by molar-refractivity contribution is 6.31. The van der Waals surface area contributed by atoms with E-state index in [-0.39, 0.29) is 36.9 Å². The van der Waals surface area contributed by atoms with Crippen LogP contribution in [0.1, 0.15) is 16.8 Å². The van der Waals surface area contributed by atoms with Gasteiger partial charge in [-0.05, 0) is 24.6 Å². The van der Waals surface area contributed by atoms with Gasteiger partial charge < -0.3 is 20.3 Å². The van der Waals surface area contributed by atoms with E-state index >= 15 is 0 Å². The van der Waals surface area contributed by atoms with Crippen molar-refractivity contribution in [2.24, 2.45) is 0 Å². The van der Waals surface area contributed by atoms with Gasteiger partial charge in [-0.25, -0.2) is 0 Å². The number of anilines is 1. The van der Waals surface area contributed by atoms with Crippen LogP contribution in [0.3, 0.4) is 0 Å². The summed E-state index contributed by atoms with van der Waals surface area (Å²) in [6.45, 7) is 0.233. The molecular weight excluding hydrogens is 322 g/mol. The number of methoxy groups -OCH3 is 1. The van der Waals surface area contributed by atoms with Gasteiger partial charge in [-0.2, -0.15) is 0 Å². The number of carbonyl (C=O) groups is 3. The van der Waals surface area contributed by atoms with Crippen LogP contribution in [0, 0.1) is 0 Å². The minimum atomic E-state index is -0.610. The quantitative estimate of drug-likeness (QED) is 0.847. The van der Waals surface area contributed by atoms with E-state index in [1.54, 1.807) is 18.2 Å². The fourth-order valence-electron chi connectivity index (χ4n) is 2.99. The first-order chi connectivity index (χ1) is 11.0. The number of nitrogens with one attached hydrogen (secondary N) is 2. The summed E-state index contributed by atoms with van der Waals surface area (Å²) in [5, 5.41) is 5.96. The number of amides is 3. The molecule has 8 heteroatoms. The third-order valence-corrected chi connectivity index (χ3v) is 4.21. The Morgan fingerprint density at radius 2 is 2.26 bits per heavy atom. The molecule has 23 heavy (non-hydrogen) atoms. The molecule has 2 atom stereocenters. The Morgan fingerprint density at radius 3 is 3.00 bits per heavy atom. The third-order valence-electron chi connectivity index (χ3n) is 3.98. The molecule has 0 radical (unpaired) electrons. The van der Waals surface area contributed by atoms with E-state index < -0.39 is 6.04 Å². The highest BCUT2D eigenvalue weighted by atomic mass is 35.5. The van der Waals surface area contributed by atoms with Crippen LogP contribution >= 0.6 is 11.6 Å². The summed E-state index contributed by atoms with van der Waals surface area (Å²) >= 11 is 5.92. The van der Waals surface area contributed by atoms with Crippen molar-refractivity contribution in [2.45, 2.75) is 18.5 Å². The second kappa shape index (κ2) is 6.17. The van der Waals surface area contributed by atoms with Gasteiger partial charge in [-0.15, -0.1) is 0 Å². The normalized spacial score (nSPS) is 23.0. The van der Waals surface area contributed by atoms with Gasteiger partial charge in [0.25, 0.3) is 5.91 Å². The van der Waals surface area contributed by atoms with Crippen molar-refractivity contribution in [1.82, 2.24) is 10.2 Å². The number of rotatable bonds is 3. The molecule has 2 unspecified atom stereocenters. The summed E-state index contributed by atoms with van der Waals surface area (Å²) in [4.78, 5) is 38.2. The Bertz CT molecular complexity index is 679. The molecule has 7 nitrogen and oxygen atoms in total. The smallest absolute Gasteiger partial charge is 0.256 e. The molecule has 2 aliphatic rings. The van der Waals surface area contributed by atoms with Gasteiger partial charge in [0, 0.05) is 24.7 Å². The summed E-state index contributed by atoms with van der Waals surface area (Å²) < 4.78 is 4.77. The molecule has 2 N–H and O–H groups in total. The van der Waals surface area contributed by atoms with Crippen LogP contribution in [0.4, 0.5) is 5.69 Å². The summed E-state index contributed by atoms with van der Waals surface area (Å²) in [6, 6.07) is 3.89. The molecule has 1 aromatic rings. The standard InChI is InChI=1S/C15H16ClN3O4/c1-23-7-13(20)17-9-5-12-14(21)18-11-4-8(16)2-3-10(11)15(22)19(12)6-9/h2-4,9,12H,5-7H2,1H3,(H,17,20)(H,18,21). The van der Waals surface area contributed by atoms with Crippen molar-refractivity contribution >= 4 is 35.0 Å². The molecule has 122 valence electrons. The molecule has 0 aromatic heterocycles. The van der Waals surface area contributed by atoms with E-state index in [0.717, 1.165) is 0 Å². The second-order valence-corrected chi connectivity index (χ2v) is 6.02. The van der Waals surface area contributed by atoms with Gasteiger partial charge in [-0.1, -0.05) is 11.6 Å². The minimum Gasteiger partial charge on any atom is -0.375 e. The molecule has 1 fully saturated rings. The first-order valence-corrected chi connectivity index (χ1v) is 7.57. The Labute approximate surface area is 137 Å². The van der Waals surface area contributed by atoms with Gasteiger partial charge in [0.2, 0.25) is 11.8 Å². The molecule has 0 spiro atoms. The van der Waals surface area contributed by atoms with Crippen LogP contribution in [0.5, 0.6) is 0 Å². The average Bonchev–Trinajstić information content (AvgIpc) is 2.87. The average molecular weight is 338 g/mol. The van der Waals surface area contributed by atoms with Crippen LogP contribution in [0.2, 0.25) is 5.02 Å². The van der Waals surface area contributed by atoms with Crippen molar-refractivity contribution in [1.29, 1.82) is 0 Å². The molecule has 2 aliphatic heterocycles. The number of benzene rings is 1. The number of carbonyl (C=O) groups excluding carboxylic acids is 3. The molecule has 0 aliphatic carbocycles. The summed E-state index contributed by atoms with van der Waals surface area (Å²) in [5.41, 5.74) is 0.816. The maximum atomic E-state index is 12.7. The van der Waals surface area contributed by atoms with Crippen molar-refractivity contribution in [3.8, 4) is 0 Å². The Balaban J connectivity index is 1.82. The maximum Gasteiger partial charge on any atom is 0.256 e. The van der Waals surface area contributed by atoms with Gasteiger partial charge >= 0.3 is 0 Å². The minimum absolute atomic E-state index is 0.0529. The highest BCUT2D eigenvalue weighted by Crippen LogP contribution is 2.30. The lowest BCUT2D eigenvalue weighted by molar-refractivity contribution is -0.125. The van der Waals surface area contributed by atoms with E-state index in [4.69, 9.17) is 16.3 Å². The summed E-state index contributed by atoms with van der Waals surface area (Å²) in [5.74, 6) is -0.790. The van der Waals surface area contributed by atoms with Crippen LogP contribution in [-0.2, 0) is 14.3 Å². The van der Waals surface area contributed by atoms with Crippen LogP contribution < -0.4 is 10.6 Å². The Hall–Kier alpha value is -2.12. The number of halogens is 1. The number of hydrogen-bond donors (Lipinski definition) is 2. The van der Waals surface area contributed by atoms with Gasteiger partial charge in [0.05, 0.1) is 11.3 Å². The molecule has 2 heterocycles. The number of nitrogens with zero attached hydrogens (tertiary/aromatic N) is 1. The zero-order chi connectivity index (χ0) is 16.6. The summed E-state index contributed by atoms with van der Waals surface area (Å²) in [6.07, 6.45) is 0.370. The van der Waals surface area contributed by atoms with E-state index in [1.807, 2.05) is 0 Å². The van der Waals surface area contributed by atoms with Crippen LogP contribution in [-0.4, -0.2) is 55.0 Å². The fourth-order valence-corrected chi connectivity index (χ4v) is 3.16. The van der Waals surface area contributed by atoms with Crippen LogP contribution in [0.15, 0.2) is 18.2 Å². The second-order valence-electron chi connectivity index (χ2n) is 5.59. The zero-order valence-corrected chi connectivity index (χ0v) is 13.2. The predicted molar refractivity (Wildman–Crippen MR) is 83.3 cm³/mol. The molecule has 1 saturated heterocycles. The number of fused-ring (bicyclic) bond motifs is 2. The monoisotopic (exact) mass is 337 g/mol. The van der Waals surface area contributed by atoms with Crippen molar-refractivity contribution < 1.29 is 19.1 Å². The third kappa shape index (κ3) is 3.02. The molecular formula is C15H16ClN3O4. The topological polar surface area (TPSA) is 87.7 Å². The first kappa shape index (κ1) is 15.8. The molecule has 0 bridgehead atoms. The van der Waals surface area contributed by atoms with Gasteiger partial charge in [-0.3, -0.25) is 14.4 Å². The molecule has 3 amide bonds. The van der Waals surface area contributed by atoms with Crippen molar-refractivity contribution in [3.63, 3.8) is 0 Å². The highest BCUT2D eigenvalue weighted by Gasteiger charge is 2.43. The number of ether oxygens (including phenoxy) is 1. The number of hydrogen-bond acceptors (Lipinski definition) is 4. The lowest BCUT2D eigenvalue weighted by Gasteiger charge is -2.20. The van der Waals surface area contributed by atoms with E-state index in [9.17, 15) is 14.4 Å². The first-order valence-electron chi connectivity index (χ1n) is 7.19. The maximum absolute atomic E-state index is 12.7. The molecule has 1 aromatic carbocycles. The van der Waals surface area contributed by atoms with Crippen LogP contribution in [0.25, 0.3) is 0 Å². The lowest BCUT2D eigenvalue weighted by atomic mass is 10.1. The SMILES string of the molecule is COCC(=O)NC1CC2C(=O)Nc3cc(Cl)ccc3C(=O)N2C1. The Morgan fingerprint density at radius 1 is 1.48 bits per heavy atom. The Kier molecular flexibility index (Phi) is 4.23. The zero-order valence-electron chi connectivity index (χ0n) is 12.5.